The first-order valence-corrected chi connectivity index (χ1v) is 8.34. The molecule has 0 amide bonds. The van der Waals surface area contributed by atoms with Gasteiger partial charge in [0.2, 0.25) is 0 Å². The Morgan fingerprint density at radius 1 is 0.556 bits per heavy atom. The molecular formula is C17H35N. The minimum Gasteiger partial charge on any atom is -0.301 e. The molecule has 0 saturated heterocycles. The van der Waals surface area contributed by atoms with Crippen molar-refractivity contribution in [1.29, 1.82) is 0 Å². The zero-order valence-corrected chi connectivity index (χ0v) is 12.8. The van der Waals surface area contributed by atoms with Crippen LogP contribution >= 0.6 is 0 Å². The van der Waals surface area contributed by atoms with Crippen molar-refractivity contribution in [3.63, 3.8) is 0 Å². The molecule has 1 nitrogen and oxygen atoms in total. The molecule has 1 heteroatoms. The van der Waals surface area contributed by atoms with Gasteiger partial charge in [0.1, 0.15) is 0 Å². The van der Waals surface area contributed by atoms with E-state index in [-0.39, 0.29) is 0 Å². The van der Waals surface area contributed by atoms with Gasteiger partial charge < -0.3 is 4.99 Å². The third-order valence-corrected chi connectivity index (χ3v) is 3.67. The molecule has 0 aliphatic heterocycles. The summed E-state index contributed by atoms with van der Waals surface area (Å²) in [5.74, 6) is 0. The summed E-state index contributed by atoms with van der Waals surface area (Å²) in [7, 11) is 0. The van der Waals surface area contributed by atoms with Crippen LogP contribution in [0.5, 0.6) is 0 Å². The predicted molar refractivity (Wildman–Crippen MR) is 84.7 cm³/mol. The highest BCUT2D eigenvalue weighted by Gasteiger charge is 1.93. The second-order valence-electron chi connectivity index (χ2n) is 5.54. The molecule has 0 atom stereocenters. The quantitative estimate of drug-likeness (QED) is 0.244. The molecule has 0 aliphatic carbocycles. The lowest BCUT2D eigenvalue weighted by Crippen LogP contribution is -1.84. The predicted octanol–water partition coefficient (Wildman–Crippen LogP) is 6.17. The van der Waals surface area contributed by atoms with Gasteiger partial charge in [0, 0.05) is 6.54 Å². The number of nitrogens with zero attached hydrogens (tertiary/aromatic N) is 1. The van der Waals surface area contributed by atoms with Crippen LogP contribution in [0.25, 0.3) is 0 Å². The number of hydrogen-bond donors (Lipinski definition) is 0. The number of hydrogen-bond acceptors (Lipinski definition) is 1. The van der Waals surface area contributed by atoms with Gasteiger partial charge in [0.15, 0.2) is 0 Å². The molecule has 0 fully saturated rings. The van der Waals surface area contributed by atoms with Gasteiger partial charge in [-0.2, -0.15) is 0 Å². The molecule has 0 N–H and O–H groups in total. The van der Waals surface area contributed by atoms with Crippen LogP contribution in [-0.2, 0) is 0 Å². The Morgan fingerprint density at radius 2 is 0.889 bits per heavy atom. The van der Waals surface area contributed by atoms with Gasteiger partial charge in [-0.25, -0.2) is 0 Å². The number of unbranched alkanes of at least 4 members (excludes halogenated alkanes) is 13. The summed E-state index contributed by atoms with van der Waals surface area (Å²) in [5, 5.41) is 0. The molecule has 108 valence electrons. The van der Waals surface area contributed by atoms with Crippen LogP contribution in [0.2, 0.25) is 0 Å². The standard InChI is InChI=1S/C17H35N/c1-3-4-5-6-7-8-9-10-11-12-13-14-15-16-17-18-2/h2-17H2,1H3. The molecule has 0 heterocycles. The van der Waals surface area contributed by atoms with Crippen LogP contribution in [0.4, 0.5) is 0 Å². The molecule has 0 rings (SSSR count). The fourth-order valence-corrected chi connectivity index (χ4v) is 2.42. The molecule has 0 bridgehead atoms. The van der Waals surface area contributed by atoms with E-state index >= 15 is 0 Å². The Morgan fingerprint density at radius 3 is 1.22 bits per heavy atom. The maximum absolute atomic E-state index is 3.88. The van der Waals surface area contributed by atoms with Gasteiger partial charge >= 0.3 is 0 Å². The molecule has 0 aromatic carbocycles. The van der Waals surface area contributed by atoms with Crippen LogP contribution in [0.3, 0.4) is 0 Å². The fraction of sp³-hybridized carbons (Fsp3) is 0.941. The lowest BCUT2D eigenvalue weighted by Gasteiger charge is -2.02. The van der Waals surface area contributed by atoms with Gasteiger partial charge in [-0.3, -0.25) is 0 Å². The molecule has 0 radical (unpaired) electrons. The van der Waals surface area contributed by atoms with E-state index in [0.717, 1.165) is 6.54 Å². The van der Waals surface area contributed by atoms with Crippen LogP contribution in [0, 0.1) is 0 Å². The van der Waals surface area contributed by atoms with Crippen molar-refractivity contribution in [1.82, 2.24) is 0 Å². The SMILES string of the molecule is C=NCCCCCCCCCCCCCCCC. The second kappa shape index (κ2) is 16.7. The minimum absolute atomic E-state index is 0.956. The van der Waals surface area contributed by atoms with Crippen molar-refractivity contribution in [3.05, 3.63) is 0 Å². The molecule has 18 heavy (non-hydrogen) atoms. The molecule has 0 saturated carbocycles. The summed E-state index contributed by atoms with van der Waals surface area (Å²) in [5.41, 5.74) is 0. The van der Waals surface area contributed by atoms with E-state index in [2.05, 4.69) is 18.6 Å². The largest absolute Gasteiger partial charge is 0.301 e. The summed E-state index contributed by atoms with van der Waals surface area (Å²) < 4.78 is 0. The van der Waals surface area contributed by atoms with Crippen molar-refractivity contribution in [2.45, 2.75) is 96.8 Å². The first-order chi connectivity index (χ1) is 8.91. The van der Waals surface area contributed by atoms with Crippen LogP contribution < -0.4 is 0 Å². The van der Waals surface area contributed by atoms with Crippen molar-refractivity contribution in [3.8, 4) is 0 Å². The van der Waals surface area contributed by atoms with E-state index < -0.39 is 0 Å². The summed E-state index contributed by atoms with van der Waals surface area (Å²) >= 11 is 0. The van der Waals surface area contributed by atoms with Gasteiger partial charge in [-0.05, 0) is 13.1 Å². The zero-order valence-electron chi connectivity index (χ0n) is 12.8. The first-order valence-electron chi connectivity index (χ1n) is 8.34. The highest BCUT2D eigenvalue weighted by atomic mass is 14.7. The van der Waals surface area contributed by atoms with Gasteiger partial charge in [-0.15, -0.1) is 0 Å². The zero-order chi connectivity index (χ0) is 13.3. The molecule has 0 spiro atoms. The highest BCUT2D eigenvalue weighted by molar-refractivity contribution is 5.22. The van der Waals surface area contributed by atoms with E-state index in [9.17, 15) is 0 Å². The van der Waals surface area contributed by atoms with Crippen molar-refractivity contribution < 1.29 is 0 Å². The highest BCUT2D eigenvalue weighted by Crippen LogP contribution is 2.12. The summed E-state index contributed by atoms with van der Waals surface area (Å²) in [4.78, 5) is 3.88. The average Bonchev–Trinajstić information content (AvgIpc) is 2.39. The van der Waals surface area contributed by atoms with Crippen LogP contribution in [-0.4, -0.2) is 13.3 Å². The maximum Gasteiger partial charge on any atom is 0.0382 e. The summed E-state index contributed by atoms with van der Waals surface area (Å²) in [6.45, 7) is 6.75. The Balaban J connectivity index is 2.88. The lowest BCUT2D eigenvalue weighted by molar-refractivity contribution is 0.536. The molecule has 0 aromatic rings. The molecular weight excluding hydrogens is 218 g/mol. The van der Waals surface area contributed by atoms with Gasteiger partial charge in [0.05, 0.1) is 0 Å². The topological polar surface area (TPSA) is 12.4 Å². The van der Waals surface area contributed by atoms with E-state index in [1.54, 1.807) is 0 Å². The normalized spacial score (nSPS) is 10.7. The minimum atomic E-state index is 0.956. The summed E-state index contributed by atoms with van der Waals surface area (Å²) in [6.07, 6.45) is 19.9. The molecule has 0 unspecified atom stereocenters. The van der Waals surface area contributed by atoms with Crippen LogP contribution in [0.15, 0.2) is 4.99 Å². The lowest BCUT2D eigenvalue weighted by atomic mass is 10.0. The third-order valence-electron chi connectivity index (χ3n) is 3.67. The Kier molecular flexibility index (Phi) is 16.4. The van der Waals surface area contributed by atoms with E-state index in [4.69, 9.17) is 0 Å². The monoisotopic (exact) mass is 253 g/mol. The Hall–Kier alpha value is -0.330. The van der Waals surface area contributed by atoms with E-state index in [1.807, 2.05) is 0 Å². The van der Waals surface area contributed by atoms with Crippen molar-refractivity contribution in [2.24, 2.45) is 4.99 Å². The van der Waals surface area contributed by atoms with Crippen molar-refractivity contribution >= 4 is 6.72 Å². The second-order valence-corrected chi connectivity index (χ2v) is 5.54. The van der Waals surface area contributed by atoms with Gasteiger partial charge in [0.25, 0.3) is 0 Å². The smallest absolute Gasteiger partial charge is 0.0382 e. The number of rotatable bonds is 15. The van der Waals surface area contributed by atoms with E-state index in [0.29, 0.717) is 0 Å². The summed E-state index contributed by atoms with van der Waals surface area (Å²) in [6, 6.07) is 0. The Labute approximate surface area is 115 Å². The third kappa shape index (κ3) is 15.7. The first kappa shape index (κ1) is 17.7. The average molecular weight is 253 g/mol. The molecule has 0 aliphatic rings. The van der Waals surface area contributed by atoms with E-state index in [1.165, 1.54) is 89.9 Å². The Bertz CT molecular complexity index is 154. The van der Waals surface area contributed by atoms with Crippen LogP contribution in [0.1, 0.15) is 96.8 Å². The molecule has 0 aromatic heterocycles. The fourth-order valence-electron chi connectivity index (χ4n) is 2.42. The van der Waals surface area contributed by atoms with Gasteiger partial charge in [-0.1, -0.05) is 90.4 Å². The number of aliphatic imine (C=N–C) groups is 1. The maximum atomic E-state index is 3.88. The van der Waals surface area contributed by atoms with Crippen molar-refractivity contribution in [2.75, 3.05) is 6.54 Å².